The third-order valence-electron chi connectivity index (χ3n) is 5.18. The van der Waals surface area contributed by atoms with Crippen molar-refractivity contribution in [2.45, 2.75) is 63.7 Å². The van der Waals surface area contributed by atoms with Crippen molar-refractivity contribution in [3.8, 4) is 0 Å². The van der Waals surface area contributed by atoms with Gasteiger partial charge in [0.1, 0.15) is 18.6 Å². The second-order valence-corrected chi connectivity index (χ2v) is 7.35. The standard InChI is InChI=1S/C18H27N5O6/c1-9-5-13(28-10(2)27-9)20-18-21-16-15(17(24)22-18)19-8-23(16)14-6-11(26-4)12(29-14)7-25-3/h8-14H,5-7H2,1-4H3,(H2,20,21,22,24)/t9?,10?,11-,12+,13?,14+/m0/s1. The summed E-state index contributed by atoms with van der Waals surface area (Å²) in [4.78, 5) is 24.0. The molecule has 0 amide bonds. The van der Waals surface area contributed by atoms with Crippen molar-refractivity contribution in [2.75, 3.05) is 26.1 Å². The average molecular weight is 409 g/mol. The lowest BCUT2D eigenvalue weighted by molar-refractivity contribution is -0.222. The number of aromatic nitrogens is 4. The van der Waals surface area contributed by atoms with Gasteiger partial charge < -0.3 is 29.0 Å². The summed E-state index contributed by atoms with van der Waals surface area (Å²) < 4.78 is 29.9. The first-order valence-corrected chi connectivity index (χ1v) is 9.70. The molecule has 2 aliphatic heterocycles. The van der Waals surface area contributed by atoms with Crippen LogP contribution in [0, 0.1) is 0 Å². The number of nitrogens with one attached hydrogen (secondary N) is 2. The second kappa shape index (κ2) is 8.36. The van der Waals surface area contributed by atoms with Crippen LogP contribution in [0.25, 0.3) is 11.2 Å². The summed E-state index contributed by atoms with van der Waals surface area (Å²) in [6.07, 6.45) is 1.50. The molecule has 2 N–H and O–H groups in total. The number of fused-ring (bicyclic) bond motifs is 1. The van der Waals surface area contributed by atoms with E-state index in [0.717, 1.165) is 0 Å². The molecule has 2 aliphatic rings. The SMILES string of the molecule is COC[C@H]1O[C@@H](n2cnc3c(=O)[nH]c(NC4CC(C)OC(C)O4)nc32)C[C@@H]1OC. The van der Waals surface area contributed by atoms with Gasteiger partial charge in [0.15, 0.2) is 17.5 Å². The van der Waals surface area contributed by atoms with E-state index in [0.29, 0.717) is 31.0 Å². The zero-order chi connectivity index (χ0) is 20.5. The van der Waals surface area contributed by atoms with Crippen molar-refractivity contribution in [3.63, 3.8) is 0 Å². The van der Waals surface area contributed by atoms with Crippen molar-refractivity contribution in [2.24, 2.45) is 0 Å². The van der Waals surface area contributed by atoms with Gasteiger partial charge in [0.2, 0.25) is 5.95 Å². The molecule has 11 nitrogen and oxygen atoms in total. The first kappa shape index (κ1) is 20.2. The van der Waals surface area contributed by atoms with Crippen LogP contribution in [0.15, 0.2) is 11.1 Å². The van der Waals surface area contributed by atoms with Gasteiger partial charge >= 0.3 is 0 Å². The molecule has 0 aliphatic carbocycles. The van der Waals surface area contributed by atoms with Gasteiger partial charge in [0.05, 0.1) is 25.1 Å². The van der Waals surface area contributed by atoms with Crippen LogP contribution in [0.3, 0.4) is 0 Å². The molecule has 2 saturated heterocycles. The molecule has 3 unspecified atom stereocenters. The van der Waals surface area contributed by atoms with E-state index in [4.69, 9.17) is 23.7 Å². The van der Waals surface area contributed by atoms with Crippen molar-refractivity contribution in [1.82, 2.24) is 19.5 Å². The number of hydrogen-bond acceptors (Lipinski definition) is 9. The minimum absolute atomic E-state index is 0.0350. The maximum absolute atomic E-state index is 12.5. The quantitative estimate of drug-likeness (QED) is 0.719. The maximum Gasteiger partial charge on any atom is 0.280 e. The minimum Gasteiger partial charge on any atom is -0.382 e. The molecule has 0 radical (unpaired) electrons. The fraction of sp³-hybridized carbons (Fsp3) is 0.722. The third kappa shape index (κ3) is 4.14. The van der Waals surface area contributed by atoms with Crippen molar-refractivity contribution in [1.29, 1.82) is 0 Å². The average Bonchev–Trinajstić information content (AvgIpc) is 3.25. The van der Waals surface area contributed by atoms with Gasteiger partial charge in [-0.05, 0) is 13.8 Å². The Balaban J connectivity index is 1.59. The Bertz CT molecular complexity index is 890. The molecule has 160 valence electrons. The van der Waals surface area contributed by atoms with E-state index in [9.17, 15) is 4.79 Å². The lowest BCUT2D eigenvalue weighted by Crippen LogP contribution is -2.40. The summed E-state index contributed by atoms with van der Waals surface area (Å²) in [6, 6.07) is 0. The van der Waals surface area contributed by atoms with Gasteiger partial charge in [-0.15, -0.1) is 0 Å². The van der Waals surface area contributed by atoms with E-state index in [-0.39, 0.29) is 48.1 Å². The Hall–Kier alpha value is -2.05. The van der Waals surface area contributed by atoms with E-state index in [1.165, 1.54) is 0 Å². The molecule has 2 aromatic rings. The third-order valence-corrected chi connectivity index (χ3v) is 5.18. The molecular weight excluding hydrogens is 382 g/mol. The fourth-order valence-electron chi connectivity index (χ4n) is 3.89. The Morgan fingerprint density at radius 3 is 2.83 bits per heavy atom. The van der Waals surface area contributed by atoms with Gasteiger partial charge in [-0.3, -0.25) is 14.3 Å². The van der Waals surface area contributed by atoms with Crippen LogP contribution < -0.4 is 10.9 Å². The lowest BCUT2D eigenvalue weighted by Gasteiger charge is -2.32. The summed E-state index contributed by atoms with van der Waals surface area (Å²) in [6.45, 7) is 4.22. The highest BCUT2D eigenvalue weighted by atomic mass is 16.7. The van der Waals surface area contributed by atoms with E-state index in [1.807, 2.05) is 13.8 Å². The van der Waals surface area contributed by atoms with Gasteiger partial charge in [-0.1, -0.05) is 0 Å². The first-order chi connectivity index (χ1) is 14.0. The minimum atomic E-state index is -0.355. The smallest absolute Gasteiger partial charge is 0.280 e. The second-order valence-electron chi connectivity index (χ2n) is 7.35. The number of methoxy groups -OCH3 is 2. The number of nitrogens with zero attached hydrogens (tertiary/aromatic N) is 3. The van der Waals surface area contributed by atoms with Gasteiger partial charge in [-0.25, -0.2) is 4.98 Å². The van der Waals surface area contributed by atoms with Crippen molar-refractivity contribution >= 4 is 17.1 Å². The zero-order valence-electron chi connectivity index (χ0n) is 17.0. The van der Waals surface area contributed by atoms with Crippen LogP contribution in [0.5, 0.6) is 0 Å². The number of hydrogen-bond donors (Lipinski definition) is 2. The number of ether oxygens (including phenoxy) is 5. The number of imidazole rings is 1. The highest BCUT2D eigenvalue weighted by molar-refractivity contribution is 5.70. The van der Waals surface area contributed by atoms with E-state index >= 15 is 0 Å². The van der Waals surface area contributed by atoms with Crippen LogP contribution in [0.4, 0.5) is 5.95 Å². The van der Waals surface area contributed by atoms with E-state index < -0.39 is 0 Å². The molecule has 0 aromatic carbocycles. The monoisotopic (exact) mass is 409 g/mol. The molecule has 0 saturated carbocycles. The molecule has 11 heteroatoms. The molecule has 4 heterocycles. The highest BCUT2D eigenvalue weighted by Gasteiger charge is 2.37. The van der Waals surface area contributed by atoms with Crippen LogP contribution in [0.1, 0.15) is 32.9 Å². The zero-order valence-corrected chi connectivity index (χ0v) is 17.0. The Labute approximate surface area is 167 Å². The molecule has 29 heavy (non-hydrogen) atoms. The number of anilines is 1. The summed E-state index contributed by atoms with van der Waals surface area (Å²) in [5.74, 6) is 0.310. The highest BCUT2D eigenvalue weighted by Crippen LogP contribution is 2.32. The van der Waals surface area contributed by atoms with Crippen LogP contribution in [0.2, 0.25) is 0 Å². The van der Waals surface area contributed by atoms with Crippen LogP contribution in [-0.4, -0.2) is 71.2 Å². The normalized spacial score (nSPS) is 32.7. The van der Waals surface area contributed by atoms with Gasteiger partial charge in [0.25, 0.3) is 5.56 Å². The number of H-pyrrole nitrogens is 1. The topological polar surface area (TPSA) is 122 Å². The van der Waals surface area contributed by atoms with Crippen LogP contribution >= 0.6 is 0 Å². The summed E-state index contributed by atoms with van der Waals surface area (Å²) in [7, 11) is 3.26. The Kier molecular flexibility index (Phi) is 5.83. The molecule has 6 atom stereocenters. The number of rotatable bonds is 6. The predicted octanol–water partition coefficient (Wildman–Crippen LogP) is 0.978. The Morgan fingerprint density at radius 2 is 2.10 bits per heavy atom. The molecule has 2 aromatic heterocycles. The Morgan fingerprint density at radius 1 is 1.28 bits per heavy atom. The summed E-state index contributed by atoms with van der Waals surface area (Å²) in [5, 5.41) is 3.14. The van der Waals surface area contributed by atoms with Gasteiger partial charge in [0, 0.05) is 27.1 Å². The molecular formula is C18H27N5O6. The molecule has 4 rings (SSSR count). The summed E-state index contributed by atoms with van der Waals surface area (Å²) >= 11 is 0. The largest absolute Gasteiger partial charge is 0.382 e. The van der Waals surface area contributed by atoms with Crippen molar-refractivity contribution in [3.05, 3.63) is 16.7 Å². The van der Waals surface area contributed by atoms with E-state index in [1.54, 1.807) is 25.1 Å². The molecule has 0 bridgehead atoms. The maximum atomic E-state index is 12.5. The van der Waals surface area contributed by atoms with Gasteiger partial charge in [-0.2, -0.15) is 4.98 Å². The van der Waals surface area contributed by atoms with Crippen molar-refractivity contribution < 1.29 is 23.7 Å². The summed E-state index contributed by atoms with van der Waals surface area (Å²) in [5.41, 5.74) is 0.347. The first-order valence-electron chi connectivity index (χ1n) is 9.70. The fourth-order valence-corrected chi connectivity index (χ4v) is 3.89. The number of aromatic amines is 1. The van der Waals surface area contributed by atoms with E-state index in [2.05, 4.69) is 20.3 Å². The van der Waals surface area contributed by atoms with Crippen LogP contribution in [-0.2, 0) is 23.7 Å². The molecule has 0 spiro atoms. The predicted molar refractivity (Wildman–Crippen MR) is 102 cm³/mol. The lowest BCUT2D eigenvalue weighted by atomic mass is 10.2. The molecule has 2 fully saturated rings.